The van der Waals surface area contributed by atoms with Crippen LogP contribution in [0.2, 0.25) is 0 Å². The van der Waals surface area contributed by atoms with Crippen LogP contribution in [0.4, 0.5) is 4.39 Å². The average molecular weight is 317 g/mol. The van der Waals surface area contributed by atoms with Gasteiger partial charge in [0.1, 0.15) is 10.8 Å². The van der Waals surface area contributed by atoms with Crippen LogP contribution >= 0.6 is 11.3 Å². The molecule has 22 heavy (non-hydrogen) atoms. The number of aliphatic imine (C=N–C) groups is 1. The Kier molecular flexibility index (Phi) is 5.44. The van der Waals surface area contributed by atoms with Crippen molar-refractivity contribution in [3.05, 3.63) is 51.2 Å². The Labute approximate surface area is 132 Å². The third-order valence-corrected chi connectivity index (χ3v) is 3.84. The van der Waals surface area contributed by atoms with Crippen LogP contribution in [0.15, 0.2) is 29.4 Å². The molecule has 0 aliphatic rings. The van der Waals surface area contributed by atoms with Crippen LogP contribution in [-0.4, -0.2) is 18.0 Å². The molecule has 114 valence electrons. The largest absolute Gasteiger partial charge is 0.352 e. The quantitative estimate of drug-likeness (QED) is 0.670. The van der Waals surface area contributed by atoms with E-state index in [2.05, 4.69) is 20.6 Å². The lowest BCUT2D eigenvalue weighted by Gasteiger charge is -2.11. The first-order valence-corrected chi connectivity index (χ1v) is 7.48. The normalized spacial score (nSPS) is 11.1. The number of thiazole rings is 1. The average Bonchev–Trinajstić information content (AvgIpc) is 2.94. The third kappa shape index (κ3) is 4.27. The van der Waals surface area contributed by atoms with Gasteiger partial charge >= 0.3 is 0 Å². The second-order valence-electron chi connectivity index (χ2n) is 4.56. The Morgan fingerprint density at radius 2 is 2.18 bits per heavy atom. The number of aryl methyl sites for hydroxylation is 1. The van der Waals surface area contributed by atoms with Gasteiger partial charge in [0, 0.05) is 30.2 Å². The monoisotopic (exact) mass is 317 g/mol. The van der Waals surface area contributed by atoms with Crippen molar-refractivity contribution in [1.29, 1.82) is 5.26 Å². The number of hydrogen-bond acceptors (Lipinski definition) is 4. The second-order valence-corrected chi connectivity index (χ2v) is 5.88. The number of nitriles is 1. The van der Waals surface area contributed by atoms with Gasteiger partial charge in [0.2, 0.25) is 0 Å². The van der Waals surface area contributed by atoms with E-state index in [0.717, 1.165) is 9.88 Å². The summed E-state index contributed by atoms with van der Waals surface area (Å²) in [7, 11) is 1.65. The standard InChI is InChI=1S/C15H16FN5S/c1-10-7-19-14(22-10)9-21-15(18-2)20-8-12-4-3-11(6-17)5-13(12)16/h3-5,7H,8-9H2,1-2H3,(H2,18,20,21). The molecule has 2 aromatic rings. The van der Waals surface area contributed by atoms with E-state index in [0.29, 0.717) is 23.6 Å². The number of aromatic nitrogens is 1. The summed E-state index contributed by atoms with van der Waals surface area (Å²) in [6.07, 6.45) is 1.82. The predicted octanol–water partition coefficient (Wildman–Crippen LogP) is 2.33. The minimum absolute atomic E-state index is 0.286. The maximum absolute atomic E-state index is 13.8. The lowest BCUT2D eigenvalue weighted by atomic mass is 10.1. The molecule has 1 aromatic heterocycles. The van der Waals surface area contributed by atoms with Crippen molar-refractivity contribution in [1.82, 2.24) is 15.6 Å². The van der Waals surface area contributed by atoms with E-state index < -0.39 is 5.82 Å². The summed E-state index contributed by atoms with van der Waals surface area (Å²) in [6, 6.07) is 6.32. The van der Waals surface area contributed by atoms with Gasteiger partial charge in [-0.25, -0.2) is 9.37 Å². The zero-order valence-electron chi connectivity index (χ0n) is 12.4. The molecule has 2 N–H and O–H groups in total. The van der Waals surface area contributed by atoms with E-state index in [9.17, 15) is 4.39 Å². The highest BCUT2D eigenvalue weighted by molar-refractivity contribution is 7.11. The molecular formula is C15H16FN5S. The van der Waals surface area contributed by atoms with Crippen LogP contribution in [0.1, 0.15) is 21.0 Å². The molecule has 0 aliphatic heterocycles. The van der Waals surface area contributed by atoms with Gasteiger partial charge in [-0.05, 0) is 19.1 Å². The topological polar surface area (TPSA) is 73.1 Å². The Bertz CT molecular complexity index is 717. The molecule has 7 heteroatoms. The molecule has 1 heterocycles. The van der Waals surface area contributed by atoms with Crippen molar-refractivity contribution in [2.75, 3.05) is 7.05 Å². The van der Waals surface area contributed by atoms with Crippen molar-refractivity contribution >= 4 is 17.3 Å². The summed E-state index contributed by atoms with van der Waals surface area (Å²) < 4.78 is 13.8. The molecule has 0 fully saturated rings. The molecule has 0 bridgehead atoms. The van der Waals surface area contributed by atoms with Gasteiger partial charge in [0.15, 0.2) is 5.96 Å². The van der Waals surface area contributed by atoms with E-state index in [1.54, 1.807) is 30.5 Å². The molecule has 5 nitrogen and oxygen atoms in total. The lowest BCUT2D eigenvalue weighted by molar-refractivity contribution is 0.604. The van der Waals surface area contributed by atoms with E-state index in [1.165, 1.54) is 6.07 Å². The highest BCUT2D eigenvalue weighted by Gasteiger charge is 2.06. The molecule has 0 amide bonds. The predicted molar refractivity (Wildman–Crippen MR) is 85.0 cm³/mol. The summed E-state index contributed by atoms with van der Waals surface area (Å²) in [5.74, 6) is 0.161. The number of guanidine groups is 1. The van der Waals surface area contributed by atoms with E-state index in [-0.39, 0.29) is 6.54 Å². The van der Waals surface area contributed by atoms with Crippen molar-refractivity contribution in [3.63, 3.8) is 0 Å². The molecule has 0 aliphatic carbocycles. The van der Waals surface area contributed by atoms with Crippen molar-refractivity contribution in [2.24, 2.45) is 4.99 Å². The van der Waals surface area contributed by atoms with E-state index in [4.69, 9.17) is 5.26 Å². The van der Waals surface area contributed by atoms with Gasteiger partial charge in [0.25, 0.3) is 0 Å². The molecular weight excluding hydrogens is 301 g/mol. The molecule has 0 saturated heterocycles. The van der Waals surface area contributed by atoms with Gasteiger partial charge in [-0.2, -0.15) is 5.26 Å². The van der Waals surface area contributed by atoms with Crippen LogP contribution in [0.25, 0.3) is 0 Å². The molecule has 0 saturated carbocycles. The van der Waals surface area contributed by atoms with Crippen LogP contribution in [0.3, 0.4) is 0 Å². The lowest BCUT2D eigenvalue weighted by Crippen LogP contribution is -2.36. The van der Waals surface area contributed by atoms with Crippen LogP contribution in [0.5, 0.6) is 0 Å². The smallest absolute Gasteiger partial charge is 0.191 e. The summed E-state index contributed by atoms with van der Waals surface area (Å²) in [4.78, 5) is 9.49. The van der Waals surface area contributed by atoms with Gasteiger partial charge in [-0.3, -0.25) is 4.99 Å². The van der Waals surface area contributed by atoms with Gasteiger partial charge < -0.3 is 10.6 Å². The molecule has 0 atom stereocenters. The van der Waals surface area contributed by atoms with E-state index >= 15 is 0 Å². The molecule has 2 rings (SSSR count). The van der Waals surface area contributed by atoms with Gasteiger partial charge in [-0.15, -0.1) is 11.3 Å². The van der Waals surface area contributed by atoms with Crippen molar-refractivity contribution in [3.8, 4) is 6.07 Å². The maximum Gasteiger partial charge on any atom is 0.191 e. The number of hydrogen-bond donors (Lipinski definition) is 2. The third-order valence-electron chi connectivity index (χ3n) is 2.93. The van der Waals surface area contributed by atoms with E-state index in [1.807, 2.05) is 19.2 Å². The zero-order chi connectivity index (χ0) is 15.9. The number of nitrogens with zero attached hydrogens (tertiary/aromatic N) is 3. The fourth-order valence-corrected chi connectivity index (χ4v) is 2.53. The highest BCUT2D eigenvalue weighted by Crippen LogP contribution is 2.11. The fraction of sp³-hybridized carbons (Fsp3) is 0.267. The first kappa shape index (κ1) is 15.9. The minimum Gasteiger partial charge on any atom is -0.352 e. The number of nitrogens with one attached hydrogen (secondary N) is 2. The Hall–Kier alpha value is -2.46. The van der Waals surface area contributed by atoms with Gasteiger partial charge in [0.05, 0.1) is 18.2 Å². The van der Waals surface area contributed by atoms with Crippen LogP contribution < -0.4 is 10.6 Å². The summed E-state index contributed by atoms with van der Waals surface area (Å²) in [6.45, 7) is 2.85. The van der Waals surface area contributed by atoms with Crippen molar-refractivity contribution in [2.45, 2.75) is 20.0 Å². The Morgan fingerprint density at radius 1 is 1.41 bits per heavy atom. The molecule has 0 spiro atoms. The first-order valence-electron chi connectivity index (χ1n) is 6.66. The van der Waals surface area contributed by atoms with Crippen LogP contribution in [0, 0.1) is 24.1 Å². The summed E-state index contributed by atoms with van der Waals surface area (Å²) in [5, 5.41) is 15.8. The highest BCUT2D eigenvalue weighted by atomic mass is 32.1. The Balaban J connectivity index is 1.90. The maximum atomic E-state index is 13.8. The van der Waals surface area contributed by atoms with Gasteiger partial charge in [-0.1, -0.05) is 6.07 Å². The number of benzene rings is 1. The zero-order valence-corrected chi connectivity index (χ0v) is 13.2. The SMILES string of the molecule is CN=C(NCc1ncc(C)s1)NCc1ccc(C#N)cc1F. The molecule has 0 radical (unpaired) electrons. The summed E-state index contributed by atoms with van der Waals surface area (Å²) >= 11 is 1.61. The van der Waals surface area contributed by atoms with Crippen LogP contribution in [-0.2, 0) is 13.1 Å². The number of halogens is 1. The number of rotatable bonds is 4. The van der Waals surface area contributed by atoms with Crippen molar-refractivity contribution < 1.29 is 4.39 Å². The molecule has 0 unspecified atom stereocenters. The summed E-state index contributed by atoms with van der Waals surface area (Å²) in [5.41, 5.74) is 0.787. The minimum atomic E-state index is -0.405. The Morgan fingerprint density at radius 3 is 2.77 bits per heavy atom. The second kappa shape index (κ2) is 7.52. The fourth-order valence-electron chi connectivity index (χ4n) is 1.80. The molecule has 1 aromatic carbocycles. The first-order chi connectivity index (χ1) is 10.6.